The Labute approximate surface area is 181 Å². The average Bonchev–Trinajstić information content (AvgIpc) is 2.65. The minimum Gasteiger partial charge on any atom is -0.435 e. The molecule has 3 rings (SSSR count). The minimum absolute atomic E-state index is 0.0456. The van der Waals surface area contributed by atoms with Crippen LogP contribution in [0.1, 0.15) is 29.8 Å². The second-order valence-electron chi connectivity index (χ2n) is 7.95. The minimum atomic E-state index is -4.68. The van der Waals surface area contributed by atoms with Crippen LogP contribution in [-0.2, 0) is 16.0 Å². The van der Waals surface area contributed by atoms with Crippen molar-refractivity contribution in [1.82, 2.24) is 4.90 Å². The topological polar surface area (TPSA) is 63.7 Å². The fraction of sp³-hybridized carbons (Fsp3) is 0.381. The van der Waals surface area contributed by atoms with E-state index in [9.17, 15) is 35.2 Å². The summed E-state index contributed by atoms with van der Waals surface area (Å²) in [6.45, 7) is -0.137. The molecule has 1 aliphatic rings. The summed E-state index contributed by atoms with van der Waals surface area (Å²) in [6, 6.07) is 8.77. The molecular formula is C21H20F5NO4S. The Morgan fingerprint density at radius 1 is 1.06 bits per heavy atom. The quantitative estimate of drug-likeness (QED) is 0.569. The summed E-state index contributed by atoms with van der Waals surface area (Å²) < 4.78 is 92.8. The fourth-order valence-electron chi connectivity index (χ4n) is 3.43. The van der Waals surface area contributed by atoms with E-state index < -0.39 is 49.7 Å². The molecule has 2 aromatic carbocycles. The molecule has 0 N–H and O–H groups in total. The predicted octanol–water partition coefficient (Wildman–Crippen LogP) is 4.63. The number of carbonyl (C=O) groups excluding carboxylic acids is 1. The van der Waals surface area contributed by atoms with Crippen molar-refractivity contribution < 1.29 is 39.9 Å². The van der Waals surface area contributed by atoms with E-state index in [1.165, 1.54) is 36.9 Å². The molecule has 1 amide bonds. The van der Waals surface area contributed by atoms with Gasteiger partial charge in [0.1, 0.15) is 5.75 Å². The van der Waals surface area contributed by atoms with Gasteiger partial charge in [-0.25, -0.2) is 8.42 Å². The maximum Gasteiger partial charge on any atom is 0.416 e. The SMILES string of the molecule is CC(C)(C1CN(C(=O)c2cccc(OC(F)F)c2)C1)S(=O)(=O)c1cccc(C(F)(F)F)c1. The van der Waals surface area contributed by atoms with Gasteiger partial charge in [-0.3, -0.25) is 4.79 Å². The number of hydrogen-bond donors (Lipinski definition) is 0. The van der Waals surface area contributed by atoms with E-state index in [1.807, 2.05) is 0 Å². The third kappa shape index (κ3) is 4.57. The molecule has 0 unspecified atom stereocenters. The number of alkyl halides is 5. The van der Waals surface area contributed by atoms with Crippen LogP contribution < -0.4 is 4.74 Å². The second kappa shape index (κ2) is 8.34. The molecule has 32 heavy (non-hydrogen) atoms. The van der Waals surface area contributed by atoms with Crippen LogP contribution in [0.3, 0.4) is 0 Å². The predicted molar refractivity (Wildman–Crippen MR) is 105 cm³/mol. The Kier molecular flexibility index (Phi) is 6.25. The van der Waals surface area contributed by atoms with Gasteiger partial charge in [0.05, 0.1) is 15.2 Å². The van der Waals surface area contributed by atoms with Gasteiger partial charge in [-0.1, -0.05) is 12.1 Å². The molecule has 0 saturated carbocycles. The van der Waals surface area contributed by atoms with Gasteiger partial charge < -0.3 is 9.64 Å². The number of nitrogens with zero attached hydrogens (tertiary/aromatic N) is 1. The molecule has 1 aliphatic heterocycles. The molecule has 2 aromatic rings. The van der Waals surface area contributed by atoms with Gasteiger partial charge in [-0.05, 0) is 50.2 Å². The average molecular weight is 477 g/mol. The highest BCUT2D eigenvalue weighted by Gasteiger charge is 2.49. The van der Waals surface area contributed by atoms with E-state index in [-0.39, 0.29) is 24.4 Å². The van der Waals surface area contributed by atoms with Gasteiger partial charge in [0.25, 0.3) is 5.91 Å². The summed E-state index contributed by atoms with van der Waals surface area (Å²) >= 11 is 0. The van der Waals surface area contributed by atoms with Gasteiger partial charge in [-0.2, -0.15) is 22.0 Å². The standard InChI is InChI=1S/C21H20F5NO4S/c1-20(2,32(29,30)17-8-4-6-14(10-17)21(24,25)26)15-11-27(12-15)18(28)13-5-3-7-16(9-13)31-19(22)23/h3-10,15,19H,11-12H2,1-2H3. The number of amides is 1. The van der Waals surface area contributed by atoms with Gasteiger partial charge in [0.2, 0.25) is 0 Å². The lowest BCUT2D eigenvalue weighted by atomic mass is 9.87. The molecular weight excluding hydrogens is 457 g/mol. The number of carbonyl (C=O) groups is 1. The lowest BCUT2D eigenvalue weighted by molar-refractivity contribution is -0.137. The maximum atomic E-state index is 13.1. The van der Waals surface area contributed by atoms with Gasteiger partial charge >= 0.3 is 12.8 Å². The zero-order valence-corrected chi connectivity index (χ0v) is 17.9. The summed E-state index contributed by atoms with van der Waals surface area (Å²) in [7, 11) is -4.16. The van der Waals surface area contributed by atoms with Crippen molar-refractivity contribution in [3.8, 4) is 5.75 Å². The van der Waals surface area contributed by atoms with Crippen molar-refractivity contribution in [2.75, 3.05) is 13.1 Å². The van der Waals surface area contributed by atoms with Crippen LogP contribution in [0.2, 0.25) is 0 Å². The van der Waals surface area contributed by atoms with Gasteiger partial charge in [0, 0.05) is 24.6 Å². The third-order valence-corrected chi connectivity index (χ3v) is 8.22. The van der Waals surface area contributed by atoms with E-state index in [2.05, 4.69) is 4.74 Å². The molecule has 0 bridgehead atoms. The Balaban J connectivity index is 1.75. The van der Waals surface area contributed by atoms with E-state index in [0.717, 1.165) is 24.3 Å². The Hall–Kier alpha value is -2.69. The van der Waals surface area contributed by atoms with Gasteiger partial charge in [0.15, 0.2) is 9.84 Å². The van der Waals surface area contributed by atoms with E-state index in [1.54, 1.807) is 0 Å². The van der Waals surface area contributed by atoms with Crippen molar-refractivity contribution >= 4 is 15.7 Å². The van der Waals surface area contributed by atoms with Crippen LogP contribution in [0.4, 0.5) is 22.0 Å². The molecule has 0 aromatic heterocycles. The lowest BCUT2D eigenvalue weighted by Crippen LogP contribution is -2.59. The van der Waals surface area contributed by atoms with Crippen LogP contribution in [0.25, 0.3) is 0 Å². The largest absolute Gasteiger partial charge is 0.435 e. The molecule has 0 atom stereocenters. The van der Waals surface area contributed by atoms with Crippen LogP contribution in [0.15, 0.2) is 53.4 Å². The molecule has 5 nitrogen and oxygen atoms in total. The number of hydrogen-bond acceptors (Lipinski definition) is 4. The zero-order chi connectivity index (χ0) is 23.9. The summed E-state index contributed by atoms with van der Waals surface area (Å²) in [6.07, 6.45) is -4.68. The van der Waals surface area contributed by atoms with Crippen LogP contribution in [-0.4, -0.2) is 43.7 Å². The molecule has 0 aliphatic carbocycles. The Bertz CT molecular complexity index is 1110. The first-order valence-electron chi connectivity index (χ1n) is 9.49. The first-order chi connectivity index (χ1) is 14.7. The lowest BCUT2D eigenvalue weighted by Gasteiger charge is -2.47. The molecule has 0 spiro atoms. The number of ether oxygens (including phenoxy) is 1. The van der Waals surface area contributed by atoms with Gasteiger partial charge in [-0.15, -0.1) is 0 Å². The van der Waals surface area contributed by atoms with Crippen molar-refractivity contribution in [3.63, 3.8) is 0 Å². The first-order valence-corrected chi connectivity index (χ1v) is 11.0. The summed E-state index contributed by atoms with van der Waals surface area (Å²) in [5.41, 5.74) is -0.967. The molecule has 174 valence electrons. The van der Waals surface area contributed by atoms with Crippen molar-refractivity contribution in [3.05, 3.63) is 59.7 Å². The number of likely N-dealkylation sites (tertiary alicyclic amines) is 1. The summed E-state index contributed by atoms with van der Waals surface area (Å²) in [5.74, 6) is -1.21. The second-order valence-corrected chi connectivity index (χ2v) is 10.5. The van der Waals surface area contributed by atoms with Crippen LogP contribution in [0.5, 0.6) is 5.75 Å². The zero-order valence-electron chi connectivity index (χ0n) is 17.1. The van der Waals surface area contributed by atoms with Crippen LogP contribution >= 0.6 is 0 Å². The molecule has 11 heteroatoms. The number of rotatable bonds is 6. The van der Waals surface area contributed by atoms with E-state index >= 15 is 0 Å². The third-order valence-electron chi connectivity index (χ3n) is 5.62. The number of sulfone groups is 1. The monoisotopic (exact) mass is 477 g/mol. The maximum absolute atomic E-state index is 13.1. The molecule has 1 heterocycles. The van der Waals surface area contributed by atoms with Crippen molar-refractivity contribution in [1.29, 1.82) is 0 Å². The smallest absolute Gasteiger partial charge is 0.416 e. The fourth-order valence-corrected chi connectivity index (χ4v) is 5.17. The molecule has 1 saturated heterocycles. The highest BCUT2D eigenvalue weighted by Crippen LogP contribution is 2.39. The van der Waals surface area contributed by atoms with E-state index in [0.29, 0.717) is 6.07 Å². The van der Waals surface area contributed by atoms with Crippen molar-refractivity contribution in [2.45, 2.75) is 36.3 Å². The highest BCUT2D eigenvalue weighted by molar-refractivity contribution is 7.92. The Morgan fingerprint density at radius 3 is 2.28 bits per heavy atom. The van der Waals surface area contributed by atoms with Crippen LogP contribution in [0, 0.1) is 5.92 Å². The van der Waals surface area contributed by atoms with Crippen molar-refractivity contribution in [2.24, 2.45) is 5.92 Å². The molecule has 1 fully saturated rings. The normalized spacial score (nSPS) is 15.6. The Morgan fingerprint density at radius 2 is 1.69 bits per heavy atom. The summed E-state index contributed by atoms with van der Waals surface area (Å²) in [5, 5.41) is 0. The number of benzene rings is 2. The summed E-state index contributed by atoms with van der Waals surface area (Å²) in [4.78, 5) is 13.5. The molecule has 0 radical (unpaired) electrons. The van der Waals surface area contributed by atoms with E-state index in [4.69, 9.17) is 0 Å². The number of halogens is 5. The highest BCUT2D eigenvalue weighted by atomic mass is 32.2. The first kappa shape index (κ1) is 24.0.